The van der Waals surface area contributed by atoms with Crippen molar-refractivity contribution < 1.29 is 0 Å². The van der Waals surface area contributed by atoms with E-state index in [1.54, 1.807) is 0 Å². The van der Waals surface area contributed by atoms with Crippen LogP contribution in [0.2, 0.25) is 0 Å². The van der Waals surface area contributed by atoms with Gasteiger partial charge in [0.1, 0.15) is 0 Å². The van der Waals surface area contributed by atoms with Crippen molar-refractivity contribution in [2.24, 2.45) is 5.73 Å². The SMILES string of the molecule is CN1CCC(c2nc(C3(CN)CCC3)cs2)C1. The molecule has 1 aliphatic heterocycles. The Balaban J connectivity index is 1.78. The fraction of sp³-hybridized carbons (Fsp3) is 0.769. The predicted molar refractivity (Wildman–Crippen MR) is 71.6 cm³/mol. The van der Waals surface area contributed by atoms with Crippen molar-refractivity contribution in [1.29, 1.82) is 0 Å². The van der Waals surface area contributed by atoms with Crippen LogP contribution in [-0.2, 0) is 5.41 Å². The molecule has 0 spiro atoms. The molecule has 2 heterocycles. The highest BCUT2D eigenvalue weighted by Gasteiger charge is 2.39. The van der Waals surface area contributed by atoms with E-state index in [4.69, 9.17) is 10.7 Å². The molecule has 1 aromatic rings. The third kappa shape index (κ3) is 1.92. The van der Waals surface area contributed by atoms with E-state index in [2.05, 4.69) is 17.3 Å². The van der Waals surface area contributed by atoms with Crippen molar-refractivity contribution >= 4 is 11.3 Å². The number of nitrogens with two attached hydrogens (primary N) is 1. The van der Waals surface area contributed by atoms with Crippen LogP contribution in [0, 0.1) is 0 Å². The summed E-state index contributed by atoms with van der Waals surface area (Å²) in [4.78, 5) is 7.30. The van der Waals surface area contributed by atoms with Gasteiger partial charge in [-0.2, -0.15) is 0 Å². The van der Waals surface area contributed by atoms with E-state index < -0.39 is 0 Å². The lowest BCUT2D eigenvalue weighted by molar-refractivity contribution is 0.246. The monoisotopic (exact) mass is 251 g/mol. The maximum atomic E-state index is 5.94. The van der Waals surface area contributed by atoms with Crippen molar-refractivity contribution in [3.63, 3.8) is 0 Å². The number of likely N-dealkylation sites (tertiary alicyclic amines) is 1. The molecule has 4 heteroatoms. The van der Waals surface area contributed by atoms with Gasteiger partial charge in [-0.1, -0.05) is 6.42 Å². The molecule has 3 nitrogen and oxygen atoms in total. The van der Waals surface area contributed by atoms with Crippen molar-refractivity contribution in [1.82, 2.24) is 9.88 Å². The number of aromatic nitrogens is 1. The van der Waals surface area contributed by atoms with Crippen LogP contribution < -0.4 is 5.73 Å². The second kappa shape index (κ2) is 4.34. The molecule has 1 aliphatic carbocycles. The molecule has 0 bridgehead atoms. The average molecular weight is 251 g/mol. The minimum Gasteiger partial charge on any atom is -0.330 e. The molecule has 1 atom stereocenters. The van der Waals surface area contributed by atoms with Crippen LogP contribution in [0.1, 0.15) is 42.3 Å². The normalized spacial score (nSPS) is 28.2. The summed E-state index contributed by atoms with van der Waals surface area (Å²) in [6.07, 6.45) is 5.05. The number of likely N-dealkylation sites (N-methyl/N-ethyl adjacent to an activating group) is 1. The van der Waals surface area contributed by atoms with Gasteiger partial charge in [-0.25, -0.2) is 4.98 Å². The molecule has 1 saturated carbocycles. The maximum absolute atomic E-state index is 5.94. The highest BCUT2D eigenvalue weighted by atomic mass is 32.1. The first-order chi connectivity index (χ1) is 8.23. The molecule has 94 valence electrons. The molecule has 1 aromatic heterocycles. The van der Waals surface area contributed by atoms with Crippen molar-refractivity contribution in [3.8, 4) is 0 Å². The number of thiazole rings is 1. The molecule has 2 N–H and O–H groups in total. The highest BCUT2D eigenvalue weighted by molar-refractivity contribution is 7.09. The fourth-order valence-corrected chi connectivity index (χ4v) is 4.09. The summed E-state index contributed by atoms with van der Waals surface area (Å²) < 4.78 is 0. The highest BCUT2D eigenvalue weighted by Crippen LogP contribution is 2.43. The lowest BCUT2D eigenvalue weighted by atomic mass is 9.67. The van der Waals surface area contributed by atoms with Crippen molar-refractivity contribution in [2.45, 2.75) is 37.0 Å². The van der Waals surface area contributed by atoms with Gasteiger partial charge in [-0.05, 0) is 32.9 Å². The standard InChI is InChI=1S/C13H21N3S/c1-16-6-3-10(7-16)12-15-11(8-17-12)13(9-14)4-2-5-13/h8,10H,2-7,9,14H2,1H3. The Morgan fingerprint density at radius 1 is 1.59 bits per heavy atom. The molecule has 1 saturated heterocycles. The van der Waals surface area contributed by atoms with E-state index in [9.17, 15) is 0 Å². The van der Waals surface area contributed by atoms with E-state index in [0.717, 1.165) is 6.54 Å². The van der Waals surface area contributed by atoms with E-state index in [1.165, 1.54) is 49.5 Å². The summed E-state index contributed by atoms with van der Waals surface area (Å²) in [6.45, 7) is 3.14. The van der Waals surface area contributed by atoms with Crippen LogP contribution >= 0.6 is 11.3 Å². The van der Waals surface area contributed by atoms with Gasteiger partial charge in [0.15, 0.2) is 0 Å². The molecule has 17 heavy (non-hydrogen) atoms. The van der Waals surface area contributed by atoms with E-state index >= 15 is 0 Å². The zero-order valence-electron chi connectivity index (χ0n) is 10.5. The van der Waals surface area contributed by atoms with Gasteiger partial charge < -0.3 is 10.6 Å². The van der Waals surface area contributed by atoms with Gasteiger partial charge in [-0.3, -0.25) is 0 Å². The molecule has 3 rings (SSSR count). The minimum atomic E-state index is 0.235. The molecule has 0 aromatic carbocycles. The number of nitrogens with zero attached hydrogens (tertiary/aromatic N) is 2. The largest absolute Gasteiger partial charge is 0.330 e. The fourth-order valence-electron chi connectivity index (χ4n) is 3.02. The summed E-state index contributed by atoms with van der Waals surface area (Å²) in [5, 5.41) is 3.60. The Labute approximate surface area is 107 Å². The van der Waals surface area contributed by atoms with Gasteiger partial charge in [0.2, 0.25) is 0 Å². The van der Waals surface area contributed by atoms with Crippen molar-refractivity contribution in [2.75, 3.05) is 26.7 Å². The Morgan fingerprint density at radius 3 is 2.94 bits per heavy atom. The molecule has 2 aliphatic rings. The Hall–Kier alpha value is -0.450. The molecular formula is C13H21N3S. The Kier molecular flexibility index (Phi) is 2.97. The summed E-state index contributed by atoms with van der Waals surface area (Å²) in [5.74, 6) is 0.661. The van der Waals surface area contributed by atoms with Gasteiger partial charge in [-0.15, -0.1) is 11.3 Å². The molecule has 0 radical (unpaired) electrons. The topological polar surface area (TPSA) is 42.2 Å². The van der Waals surface area contributed by atoms with Crippen LogP contribution in [0.5, 0.6) is 0 Å². The first-order valence-electron chi connectivity index (χ1n) is 6.58. The number of rotatable bonds is 3. The van der Waals surface area contributed by atoms with Crippen LogP contribution in [-0.4, -0.2) is 36.6 Å². The Morgan fingerprint density at radius 2 is 2.41 bits per heavy atom. The maximum Gasteiger partial charge on any atom is 0.0972 e. The molecule has 0 amide bonds. The summed E-state index contributed by atoms with van der Waals surface area (Å²) >= 11 is 1.85. The lowest BCUT2D eigenvalue weighted by Crippen LogP contribution is -2.41. The van der Waals surface area contributed by atoms with E-state index in [-0.39, 0.29) is 5.41 Å². The average Bonchev–Trinajstić information content (AvgIpc) is 2.86. The summed E-state index contributed by atoms with van der Waals surface area (Å²) in [7, 11) is 2.20. The third-order valence-electron chi connectivity index (χ3n) is 4.51. The van der Waals surface area contributed by atoms with Crippen LogP contribution in [0.4, 0.5) is 0 Å². The Bertz CT molecular complexity index is 392. The number of hydrogen-bond donors (Lipinski definition) is 1. The first-order valence-corrected chi connectivity index (χ1v) is 7.46. The molecular weight excluding hydrogens is 230 g/mol. The van der Waals surface area contributed by atoms with Gasteiger partial charge in [0.25, 0.3) is 0 Å². The zero-order chi connectivity index (χ0) is 11.9. The van der Waals surface area contributed by atoms with Crippen LogP contribution in [0.15, 0.2) is 5.38 Å². The van der Waals surface area contributed by atoms with Gasteiger partial charge in [0.05, 0.1) is 10.7 Å². The van der Waals surface area contributed by atoms with Crippen LogP contribution in [0.3, 0.4) is 0 Å². The van der Waals surface area contributed by atoms with E-state index in [0.29, 0.717) is 5.92 Å². The molecule has 2 fully saturated rings. The zero-order valence-corrected chi connectivity index (χ0v) is 11.3. The minimum absolute atomic E-state index is 0.235. The second-order valence-corrected chi connectivity index (χ2v) is 6.55. The third-order valence-corrected chi connectivity index (χ3v) is 5.51. The lowest BCUT2D eigenvalue weighted by Gasteiger charge is -2.39. The van der Waals surface area contributed by atoms with Gasteiger partial charge >= 0.3 is 0 Å². The summed E-state index contributed by atoms with van der Waals surface area (Å²) in [5.41, 5.74) is 7.46. The predicted octanol–water partition coefficient (Wildman–Crippen LogP) is 1.94. The smallest absolute Gasteiger partial charge is 0.0972 e. The second-order valence-electron chi connectivity index (χ2n) is 5.66. The van der Waals surface area contributed by atoms with Gasteiger partial charge in [0, 0.05) is 29.8 Å². The summed E-state index contributed by atoms with van der Waals surface area (Å²) in [6, 6.07) is 0. The molecule has 1 unspecified atom stereocenters. The quantitative estimate of drug-likeness (QED) is 0.892. The number of hydrogen-bond acceptors (Lipinski definition) is 4. The van der Waals surface area contributed by atoms with Crippen LogP contribution in [0.25, 0.3) is 0 Å². The van der Waals surface area contributed by atoms with E-state index in [1.807, 2.05) is 11.3 Å². The first kappa shape index (κ1) is 11.6. The van der Waals surface area contributed by atoms with Crippen molar-refractivity contribution in [3.05, 3.63) is 16.1 Å².